The summed E-state index contributed by atoms with van der Waals surface area (Å²) in [5, 5.41) is 24.8. The molecule has 43 heavy (non-hydrogen) atoms. The standard InChI is InChI=1S/C27H29FN4O4.C2HF3O2/c1-18-12-14-30-24(15-18)29-13-2-3-25(33)31-17-26(34)32-23(16-27(35)36)21-6-4-19(5-7-21)20-8-10-22(28)11-9-20;3-2(4,5)1(6)7/h4-12,14-15,23H,2-3,13,16-17H2,1H3,(H,29,30)(H,31,33)(H,32,34)(H,35,36);(H,6,7). The van der Waals surface area contributed by atoms with Gasteiger partial charge in [0.2, 0.25) is 11.8 Å². The first kappa shape index (κ1) is 34.2. The van der Waals surface area contributed by atoms with Gasteiger partial charge in [0, 0.05) is 19.2 Å². The molecule has 5 N–H and O–H groups in total. The van der Waals surface area contributed by atoms with E-state index in [-0.39, 0.29) is 31.1 Å². The number of benzene rings is 2. The van der Waals surface area contributed by atoms with E-state index in [0.717, 1.165) is 22.5 Å². The van der Waals surface area contributed by atoms with Gasteiger partial charge in [-0.25, -0.2) is 14.2 Å². The number of anilines is 1. The largest absolute Gasteiger partial charge is 0.490 e. The minimum Gasteiger partial charge on any atom is -0.481 e. The van der Waals surface area contributed by atoms with Crippen LogP contribution < -0.4 is 16.0 Å². The fraction of sp³-hybridized carbons (Fsp3) is 0.276. The molecular weight excluding hydrogens is 576 g/mol. The Balaban J connectivity index is 0.000000821. The lowest BCUT2D eigenvalue weighted by Crippen LogP contribution is -2.39. The number of nitrogens with one attached hydrogen (secondary N) is 3. The molecule has 10 nitrogen and oxygen atoms in total. The highest BCUT2D eigenvalue weighted by molar-refractivity contribution is 5.85. The maximum absolute atomic E-state index is 13.2. The number of aliphatic carboxylic acids is 2. The van der Waals surface area contributed by atoms with E-state index in [0.29, 0.717) is 18.5 Å². The molecule has 0 aliphatic heterocycles. The zero-order valence-corrected chi connectivity index (χ0v) is 23.0. The first-order valence-corrected chi connectivity index (χ1v) is 12.8. The van der Waals surface area contributed by atoms with Crippen LogP contribution in [0.2, 0.25) is 0 Å². The first-order valence-electron chi connectivity index (χ1n) is 12.8. The van der Waals surface area contributed by atoms with Crippen LogP contribution in [0.4, 0.5) is 23.4 Å². The Morgan fingerprint density at radius 3 is 2.02 bits per heavy atom. The van der Waals surface area contributed by atoms with Crippen LogP contribution in [0, 0.1) is 12.7 Å². The quantitative estimate of drug-likeness (QED) is 0.149. The predicted octanol–water partition coefficient (Wildman–Crippen LogP) is 4.47. The molecule has 1 aromatic heterocycles. The van der Waals surface area contributed by atoms with Crippen molar-refractivity contribution in [3.63, 3.8) is 0 Å². The third-order valence-corrected chi connectivity index (χ3v) is 5.70. The molecular formula is C29H30F4N4O6. The number of carbonyl (C=O) groups is 4. The summed E-state index contributed by atoms with van der Waals surface area (Å²) in [5.74, 6) is -4.18. The molecule has 1 atom stereocenters. The van der Waals surface area contributed by atoms with Crippen molar-refractivity contribution in [1.29, 1.82) is 0 Å². The molecule has 3 rings (SSSR count). The summed E-state index contributed by atoms with van der Waals surface area (Å²) in [4.78, 5) is 48.9. The zero-order valence-electron chi connectivity index (χ0n) is 23.0. The second-order valence-corrected chi connectivity index (χ2v) is 9.18. The van der Waals surface area contributed by atoms with Crippen LogP contribution in [0.15, 0.2) is 66.9 Å². The lowest BCUT2D eigenvalue weighted by atomic mass is 9.99. The predicted molar refractivity (Wildman–Crippen MR) is 148 cm³/mol. The molecule has 3 aromatic rings. The number of aromatic nitrogens is 1. The van der Waals surface area contributed by atoms with Crippen molar-refractivity contribution in [3.8, 4) is 11.1 Å². The van der Waals surface area contributed by atoms with Crippen LogP contribution in [-0.2, 0) is 19.2 Å². The van der Waals surface area contributed by atoms with Crippen LogP contribution in [0.3, 0.4) is 0 Å². The summed E-state index contributed by atoms with van der Waals surface area (Å²) >= 11 is 0. The van der Waals surface area contributed by atoms with Gasteiger partial charge in [-0.3, -0.25) is 14.4 Å². The van der Waals surface area contributed by atoms with Crippen LogP contribution in [0.1, 0.15) is 36.4 Å². The molecule has 0 aliphatic rings. The third-order valence-electron chi connectivity index (χ3n) is 5.70. The smallest absolute Gasteiger partial charge is 0.481 e. The molecule has 14 heteroatoms. The van der Waals surface area contributed by atoms with Gasteiger partial charge in [0.25, 0.3) is 0 Å². The van der Waals surface area contributed by atoms with Gasteiger partial charge in [0.15, 0.2) is 0 Å². The van der Waals surface area contributed by atoms with Gasteiger partial charge < -0.3 is 26.2 Å². The van der Waals surface area contributed by atoms with E-state index in [1.165, 1.54) is 12.1 Å². The molecule has 1 heterocycles. The van der Waals surface area contributed by atoms with E-state index in [1.807, 2.05) is 19.1 Å². The lowest BCUT2D eigenvalue weighted by molar-refractivity contribution is -0.192. The number of carboxylic acids is 2. The van der Waals surface area contributed by atoms with Crippen molar-refractivity contribution in [1.82, 2.24) is 15.6 Å². The molecule has 2 amide bonds. The highest BCUT2D eigenvalue weighted by Gasteiger charge is 2.38. The summed E-state index contributed by atoms with van der Waals surface area (Å²) < 4.78 is 44.9. The highest BCUT2D eigenvalue weighted by Crippen LogP contribution is 2.24. The van der Waals surface area contributed by atoms with Crippen LogP contribution in [0.25, 0.3) is 11.1 Å². The molecule has 0 saturated carbocycles. The number of nitrogens with zero attached hydrogens (tertiary/aromatic N) is 1. The first-order chi connectivity index (χ1) is 20.2. The van der Waals surface area contributed by atoms with Crippen molar-refractivity contribution < 1.29 is 47.0 Å². The summed E-state index contributed by atoms with van der Waals surface area (Å²) in [5.41, 5.74) is 3.34. The minimum absolute atomic E-state index is 0.232. The van der Waals surface area contributed by atoms with Gasteiger partial charge in [-0.15, -0.1) is 0 Å². The number of hydrogen-bond acceptors (Lipinski definition) is 6. The second kappa shape index (κ2) is 16.4. The Kier molecular flexibility index (Phi) is 13.1. The average Bonchev–Trinajstić information content (AvgIpc) is 2.94. The monoisotopic (exact) mass is 606 g/mol. The molecule has 1 unspecified atom stereocenters. The molecule has 2 aromatic carbocycles. The van der Waals surface area contributed by atoms with E-state index in [4.69, 9.17) is 9.90 Å². The zero-order chi connectivity index (χ0) is 32.0. The van der Waals surface area contributed by atoms with Gasteiger partial charge in [0.1, 0.15) is 11.6 Å². The molecule has 0 aliphatic carbocycles. The van der Waals surface area contributed by atoms with Crippen molar-refractivity contribution in [2.75, 3.05) is 18.4 Å². The number of carbonyl (C=O) groups excluding carboxylic acids is 2. The molecule has 0 bridgehead atoms. The Hall–Kier alpha value is -5.01. The number of amides is 2. The van der Waals surface area contributed by atoms with Crippen molar-refractivity contribution in [2.24, 2.45) is 0 Å². The van der Waals surface area contributed by atoms with Gasteiger partial charge in [-0.1, -0.05) is 36.4 Å². The van der Waals surface area contributed by atoms with Crippen LogP contribution in [0.5, 0.6) is 0 Å². The highest BCUT2D eigenvalue weighted by atomic mass is 19.4. The topological polar surface area (TPSA) is 158 Å². The van der Waals surface area contributed by atoms with E-state index < -0.39 is 30.1 Å². The Bertz CT molecular complexity index is 1380. The third kappa shape index (κ3) is 13.0. The summed E-state index contributed by atoms with van der Waals surface area (Å²) in [6.45, 7) is 2.27. The van der Waals surface area contributed by atoms with E-state index in [2.05, 4.69) is 20.9 Å². The number of halogens is 4. The van der Waals surface area contributed by atoms with Crippen molar-refractivity contribution in [3.05, 3.63) is 83.8 Å². The van der Waals surface area contributed by atoms with Crippen molar-refractivity contribution >= 4 is 29.6 Å². The van der Waals surface area contributed by atoms with Crippen molar-refractivity contribution in [2.45, 2.75) is 38.4 Å². The maximum Gasteiger partial charge on any atom is 0.490 e. The normalized spacial score (nSPS) is 11.4. The molecule has 0 saturated heterocycles. The van der Waals surface area contributed by atoms with E-state index in [1.54, 1.807) is 42.6 Å². The van der Waals surface area contributed by atoms with Gasteiger partial charge in [0.05, 0.1) is 19.0 Å². The minimum atomic E-state index is -5.08. The number of hydrogen-bond donors (Lipinski definition) is 5. The van der Waals surface area contributed by atoms with E-state index in [9.17, 15) is 37.1 Å². The SMILES string of the molecule is Cc1ccnc(NCCCC(=O)NCC(=O)NC(CC(=O)O)c2ccc(-c3ccc(F)cc3)cc2)c1.O=C(O)C(F)(F)F. The molecule has 0 radical (unpaired) electrons. The molecule has 230 valence electrons. The summed E-state index contributed by atoms with van der Waals surface area (Å²) in [6.07, 6.45) is -2.89. The summed E-state index contributed by atoms with van der Waals surface area (Å²) in [6, 6.07) is 16.1. The average molecular weight is 607 g/mol. The van der Waals surface area contributed by atoms with Crippen LogP contribution in [-0.4, -0.2) is 58.2 Å². The van der Waals surface area contributed by atoms with Gasteiger partial charge >= 0.3 is 18.1 Å². The fourth-order valence-electron chi connectivity index (χ4n) is 3.59. The Morgan fingerprint density at radius 2 is 1.49 bits per heavy atom. The molecule has 0 spiro atoms. The van der Waals surface area contributed by atoms with Gasteiger partial charge in [-0.05, 0) is 59.9 Å². The molecule has 0 fully saturated rings. The lowest BCUT2D eigenvalue weighted by Gasteiger charge is -2.18. The van der Waals surface area contributed by atoms with Crippen LogP contribution >= 0.6 is 0 Å². The summed E-state index contributed by atoms with van der Waals surface area (Å²) in [7, 11) is 0. The Morgan fingerprint density at radius 1 is 0.907 bits per heavy atom. The number of carboxylic acid groups (broad SMARTS) is 2. The number of aryl methyl sites for hydroxylation is 1. The number of alkyl halides is 3. The van der Waals surface area contributed by atoms with E-state index >= 15 is 0 Å². The number of rotatable bonds is 12. The number of pyridine rings is 1. The van der Waals surface area contributed by atoms with Gasteiger partial charge in [-0.2, -0.15) is 13.2 Å². The second-order valence-electron chi connectivity index (χ2n) is 9.18. The Labute approximate surface area is 244 Å². The maximum atomic E-state index is 13.2. The fourth-order valence-corrected chi connectivity index (χ4v) is 3.59.